The Morgan fingerprint density at radius 2 is 0.593 bits per heavy atom. The summed E-state index contributed by atoms with van der Waals surface area (Å²) in [6.07, 6.45) is 33.5. The van der Waals surface area contributed by atoms with E-state index < -0.39 is 0 Å². The van der Waals surface area contributed by atoms with Crippen molar-refractivity contribution in [3.05, 3.63) is 129 Å². The van der Waals surface area contributed by atoms with Gasteiger partial charge in [0.25, 0.3) is 0 Å². The van der Waals surface area contributed by atoms with Gasteiger partial charge in [-0.05, 0) is 133 Å². The molecule has 4 N–H and O–H groups in total. The molecule has 2 heteroatoms. The van der Waals surface area contributed by atoms with Crippen LogP contribution in [-0.2, 0) is 38.5 Å². The van der Waals surface area contributed by atoms with Crippen molar-refractivity contribution in [2.24, 2.45) is 0 Å². The van der Waals surface area contributed by atoms with E-state index >= 15 is 0 Å². The second kappa shape index (κ2) is 26.3. The largest absolute Gasteiger partial charge is 0.399 e. The molecule has 0 amide bonds. The summed E-state index contributed by atoms with van der Waals surface area (Å²) >= 11 is 0. The van der Waals surface area contributed by atoms with Crippen molar-refractivity contribution >= 4 is 11.4 Å². The Bertz CT molecular complexity index is 1430. The molecule has 4 aromatic rings. The predicted octanol–water partition coefficient (Wildman–Crippen LogP) is 14.7. The van der Waals surface area contributed by atoms with Crippen molar-refractivity contribution in [2.75, 3.05) is 11.5 Å². The minimum absolute atomic E-state index is 0.894. The molecule has 0 aliphatic carbocycles. The average molecular weight is 729 g/mol. The first-order valence-corrected chi connectivity index (χ1v) is 22.4. The number of nitrogens with two attached hydrogens (primary N) is 2. The van der Waals surface area contributed by atoms with Gasteiger partial charge in [0.05, 0.1) is 0 Å². The van der Waals surface area contributed by atoms with Crippen LogP contribution < -0.4 is 11.5 Å². The number of aryl methyl sites for hydroxylation is 4. The summed E-state index contributed by atoms with van der Waals surface area (Å²) in [5.74, 6) is 0. The molecule has 0 heterocycles. The lowest BCUT2D eigenvalue weighted by atomic mass is 9.94. The van der Waals surface area contributed by atoms with E-state index in [1.54, 1.807) is 0 Å². The maximum atomic E-state index is 6.18. The minimum atomic E-state index is 0.894. The lowest BCUT2D eigenvalue weighted by molar-refractivity contribution is 0.567. The van der Waals surface area contributed by atoms with Gasteiger partial charge in [-0.15, -0.1) is 0 Å². The number of hydrogen-bond donors (Lipinski definition) is 2. The first kappa shape index (κ1) is 43.2. The van der Waals surface area contributed by atoms with Crippen molar-refractivity contribution in [1.29, 1.82) is 0 Å². The quantitative estimate of drug-likeness (QED) is 0.0432. The van der Waals surface area contributed by atoms with E-state index in [4.69, 9.17) is 11.5 Å². The van der Waals surface area contributed by atoms with E-state index in [0.717, 1.165) is 37.1 Å². The normalized spacial score (nSPS) is 11.4. The second-order valence-corrected chi connectivity index (χ2v) is 16.4. The van der Waals surface area contributed by atoms with Crippen LogP contribution in [0, 0.1) is 0 Å². The summed E-state index contributed by atoms with van der Waals surface area (Å²) in [5.41, 5.74) is 25.7. The molecule has 0 unspecified atom stereocenters. The van der Waals surface area contributed by atoms with E-state index in [1.807, 2.05) is 0 Å². The summed E-state index contributed by atoms with van der Waals surface area (Å²) in [6.45, 7) is 4.57. The summed E-state index contributed by atoms with van der Waals surface area (Å²) in [7, 11) is 0. The predicted molar refractivity (Wildman–Crippen MR) is 239 cm³/mol. The number of rotatable bonds is 29. The third-order valence-electron chi connectivity index (χ3n) is 11.6. The lowest BCUT2D eigenvalue weighted by Gasteiger charge is -2.12. The Kier molecular flexibility index (Phi) is 21.1. The minimum Gasteiger partial charge on any atom is -0.399 e. The van der Waals surface area contributed by atoms with E-state index in [9.17, 15) is 0 Å². The van der Waals surface area contributed by atoms with E-state index in [1.165, 1.54) is 186 Å². The fraction of sp³-hybridized carbons (Fsp3) is 0.538. The van der Waals surface area contributed by atoms with Crippen LogP contribution in [0.3, 0.4) is 0 Å². The standard InChI is InChI=1S/C52H76N2/c1-3-5-7-9-17-21-25-47-41-51(53)37-35-49(47)39-45-31-27-43(28-32-45)23-19-15-13-11-12-14-16-20-24-44-29-33-46(34-30-44)40-50-36-38-52(54)42-48(50)26-22-18-10-8-6-4-2/h27-38,41-42H,3-26,39-40,53-54H2,1-2H3. The highest BCUT2D eigenvalue weighted by molar-refractivity contribution is 5.47. The van der Waals surface area contributed by atoms with E-state index in [-0.39, 0.29) is 0 Å². The number of nitrogen functional groups attached to an aromatic ring is 2. The first-order chi connectivity index (χ1) is 26.5. The molecule has 0 aromatic heterocycles. The molecule has 0 aliphatic heterocycles. The number of hydrogen-bond acceptors (Lipinski definition) is 2. The molecule has 2 nitrogen and oxygen atoms in total. The first-order valence-electron chi connectivity index (χ1n) is 22.4. The third kappa shape index (κ3) is 17.3. The summed E-state index contributed by atoms with van der Waals surface area (Å²) in [5, 5.41) is 0. The molecule has 0 atom stereocenters. The summed E-state index contributed by atoms with van der Waals surface area (Å²) in [6, 6.07) is 31.9. The molecule has 0 aliphatic rings. The smallest absolute Gasteiger partial charge is 0.0316 e. The van der Waals surface area contributed by atoms with Crippen LogP contribution in [0.25, 0.3) is 0 Å². The van der Waals surface area contributed by atoms with Gasteiger partial charge in [0, 0.05) is 11.4 Å². The van der Waals surface area contributed by atoms with Gasteiger partial charge in [-0.3, -0.25) is 0 Å². The monoisotopic (exact) mass is 729 g/mol. The van der Waals surface area contributed by atoms with Crippen LogP contribution in [0.5, 0.6) is 0 Å². The van der Waals surface area contributed by atoms with Crippen LogP contribution in [-0.4, -0.2) is 0 Å². The maximum Gasteiger partial charge on any atom is 0.0316 e. The van der Waals surface area contributed by atoms with Crippen molar-refractivity contribution in [3.8, 4) is 0 Å². The van der Waals surface area contributed by atoms with Gasteiger partial charge in [-0.1, -0.05) is 177 Å². The van der Waals surface area contributed by atoms with Gasteiger partial charge in [0.15, 0.2) is 0 Å². The maximum absolute atomic E-state index is 6.18. The highest BCUT2D eigenvalue weighted by atomic mass is 14.5. The Morgan fingerprint density at radius 1 is 0.296 bits per heavy atom. The molecule has 0 saturated heterocycles. The Balaban J connectivity index is 1.04. The van der Waals surface area contributed by atoms with E-state index in [2.05, 4.69) is 98.8 Å². The van der Waals surface area contributed by atoms with Crippen LogP contribution in [0.4, 0.5) is 11.4 Å². The highest BCUT2D eigenvalue weighted by Gasteiger charge is 2.08. The molecule has 0 fully saturated rings. The molecule has 0 bridgehead atoms. The zero-order valence-corrected chi connectivity index (χ0v) is 34.6. The molecule has 294 valence electrons. The van der Waals surface area contributed by atoms with Crippen molar-refractivity contribution < 1.29 is 0 Å². The fourth-order valence-corrected chi connectivity index (χ4v) is 8.10. The van der Waals surface area contributed by atoms with Gasteiger partial charge >= 0.3 is 0 Å². The number of unbranched alkanes of at least 4 members (excludes halogenated alkanes) is 17. The zero-order chi connectivity index (χ0) is 38.1. The van der Waals surface area contributed by atoms with Gasteiger partial charge in [0.2, 0.25) is 0 Å². The lowest BCUT2D eigenvalue weighted by Crippen LogP contribution is -1.99. The molecular weight excluding hydrogens is 653 g/mol. The molecule has 4 rings (SSSR count). The zero-order valence-electron chi connectivity index (χ0n) is 34.6. The highest BCUT2D eigenvalue weighted by Crippen LogP contribution is 2.23. The number of benzene rings is 4. The van der Waals surface area contributed by atoms with Gasteiger partial charge in [-0.2, -0.15) is 0 Å². The molecule has 0 saturated carbocycles. The Hall–Kier alpha value is -3.52. The van der Waals surface area contributed by atoms with Gasteiger partial charge in [-0.25, -0.2) is 0 Å². The third-order valence-corrected chi connectivity index (χ3v) is 11.6. The van der Waals surface area contributed by atoms with Crippen molar-refractivity contribution in [2.45, 2.75) is 181 Å². The summed E-state index contributed by atoms with van der Waals surface area (Å²) < 4.78 is 0. The Morgan fingerprint density at radius 3 is 0.944 bits per heavy atom. The molecule has 0 spiro atoms. The molecule has 4 aromatic carbocycles. The Labute approximate surface area is 332 Å². The second-order valence-electron chi connectivity index (χ2n) is 16.4. The van der Waals surface area contributed by atoms with Crippen molar-refractivity contribution in [3.63, 3.8) is 0 Å². The van der Waals surface area contributed by atoms with E-state index in [0.29, 0.717) is 0 Å². The molecule has 54 heavy (non-hydrogen) atoms. The SMILES string of the molecule is CCCCCCCCc1cc(N)ccc1Cc1ccc(CCCCCCCCCCc2ccc(Cc3ccc(N)cc3CCCCCCCC)cc2)cc1. The number of anilines is 2. The van der Waals surface area contributed by atoms with Crippen LogP contribution >= 0.6 is 0 Å². The molecule has 0 radical (unpaired) electrons. The fourth-order valence-electron chi connectivity index (χ4n) is 8.10. The van der Waals surface area contributed by atoms with Gasteiger partial charge < -0.3 is 11.5 Å². The van der Waals surface area contributed by atoms with Gasteiger partial charge in [0.1, 0.15) is 0 Å². The van der Waals surface area contributed by atoms with Crippen molar-refractivity contribution in [1.82, 2.24) is 0 Å². The topological polar surface area (TPSA) is 52.0 Å². The average Bonchev–Trinajstić information content (AvgIpc) is 3.18. The summed E-state index contributed by atoms with van der Waals surface area (Å²) in [4.78, 5) is 0. The van der Waals surface area contributed by atoms with Crippen LogP contribution in [0.15, 0.2) is 84.9 Å². The van der Waals surface area contributed by atoms with Crippen LogP contribution in [0.2, 0.25) is 0 Å². The molecular formula is C52H76N2. The van der Waals surface area contributed by atoms with Crippen LogP contribution in [0.1, 0.15) is 187 Å².